The van der Waals surface area contributed by atoms with Gasteiger partial charge in [-0.2, -0.15) is 0 Å². The van der Waals surface area contributed by atoms with E-state index in [0.717, 1.165) is 5.56 Å². The number of nitrogens with one attached hydrogen (secondary N) is 1. The summed E-state index contributed by atoms with van der Waals surface area (Å²) >= 11 is 0. The molecule has 92 valence electrons. The van der Waals surface area contributed by atoms with Gasteiger partial charge in [0.15, 0.2) is 0 Å². The Balaban J connectivity index is 1.95. The number of nitrogens with two attached hydrogens (primary N) is 1. The number of hydrogen-bond acceptors (Lipinski definition) is 5. The van der Waals surface area contributed by atoms with Crippen LogP contribution in [0.15, 0.2) is 48.7 Å². The molecule has 0 bridgehead atoms. The topological polar surface area (TPSA) is 80.4 Å². The van der Waals surface area contributed by atoms with Crippen LogP contribution < -0.4 is 15.8 Å². The van der Waals surface area contributed by atoms with Crippen molar-refractivity contribution >= 4 is 5.82 Å². The third kappa shape index (κ3) is 1.79. The fourth-order valence-electron chi connectivity index (χ4n) is 2.05. The number of nitrogens with zero attached hydrogens (tertiary/aromatic N) is 1. The minimum absolute atomic E-state index is 0.552. The number of ether oxygens (including phenoxy) is 1. The summed E-state index contributed by atoms with van der Waals surface area (Å²) < 4.78 is 5.32. The molecule has 18 heavy (non-hydrogen) atoms. The maximum absolute atomic E-state index is 10.1. The van der Waals surface area contributed by atoms with Crippen LogP contribution >= 0.6 is 0 Å². The van der Waals surface area contributed by atoms with Gasteiger partial charge >= 0.3 is 0 Å². The summed E-state index contributed by atoms with van der Waals surface area (Å²) in [6, 6.07) is 12.3. The van der Waals surface area contributed by atoms with Gasteiger partial charge in [0.25, 0.3) is 5.91 Å². The smallest absolute Gasteiger partial charge is 0.290 e. The van der Waals surface area contributed by atoms with Gasteiger partial charge in [-0.25, -0.2) is 4.98 Å². The predicted octanol–water partition coefficient (Wildman–Crippen LogP) is 1.23. The molecule has 2 heterocycles. The number of rotatable bonds is 2. The molecule has 0 saturated heterocycles. The molecule has 1 aliphatic rings. The molecule has 2 aromatic rings. The van der Waals surface area contributed by atoms with E-state index in [1.165, 1.54) is 0 Å². The Morgan fingerprint density at radius 2 is 2.00 bits per heavy atom. The highest BCUT2D eigenvalue weighted by molar-refractivity contribution is 5.47. The molecule has 1 aromatic carbocycles. The zero-order chi connectivity index (χ0) is 12.6. The van der Waals surface area contributed by atoms with Gasteiger partial charge in [-0.1, -0.05) is 24.3 Å². The van der Waals surface area contributed by atoms with E-state index in [1.807, 2.05) is 30.3 Å². The lowest BCUT2D eigenvalue weighted by Crippen LogP contribution is -2.50. The van der Waals surface area contributed by atoms with Gasteiger partial charge in [0.05, 0.1) is 0 Å². The molecule has 0 saturated carbocycles. The number of aromatic nitrogens is 1. The van der Waals surface area contributed by atoms with Crippen LogP contribution in [0.4, 0.5) is 5.82 Å². The van der Waals surface area contributed by atoms with Crippen LogP contribution in [0.2, 0.25) is 0 Å². The molecular formula is C13H13N3O2. The van der Waals surface area contributed by atoms with Crippen molar-refractivity contribution in [2.24, 2.45) is 5.73 Å². The Morgan fingerprint density at radius 1 is 1.22 bits per heavy atom. The monoisotopic (exact) mass is 243 g/mol. The standard InChI is InChI=1S/C13H13N3O2/c14-13(17)12(16-11-7-3-4-8-15-11)9-5-1-2-6-10(9)18-13/h1-8,12,17H,14H2,(H,15,16). The Hall–Kier alpha value is -2.11. The van der Waals surface area contributed by atoms with Crippen molar-refractivity contribution in [3.63, 3.8) is 0 Å². The summed E-state index contributed by atoms with van der Waals surface area (Å²) in [5, 5.41) is 13.2. The van der Waals surface area contributed by atoms with Gasteiger partial charge in [0.2, 0.25) is 0 Å². The van der Waals surface area contributed by atoms with Crippen LogP contribution in [0.1, 0.15) is 11.6 Å². The molecule has 2 unspecified atom stereocenters. The van der Waals surface area contributed by atoms with E-state index >= 15 is 0 Å². The van der Waals surface area contributed by atoms with Crippen LogP contribution in [0, 0.1) is 0 Å². The molecule has 0 fully saturated rings. The normalized spacial score (nSPS) is 25.3. The third-order valence-corrected chi connectivity index (χ3v) is 2.87. The quantitative estimate of drug-likeness (QED) is 0.691. The highest BCUT2D eigenvalue weighted by Gasteiger charge is 2.44. The summed E-state index contributed by atoms with van der Waals surface area (Å²) in [4.78, 5) is 4.15. The fourth-order valence-corrected chi connectivity index (χ4v) is 2.05. The largest absolute Gasteiger partial charge is 0.447 e. The number of pyridine rings is 1. The van der Waals surface area contributed by atoms with E-state index in [0.29, 0.717) is 11.6 Å². The molecule has 0 amide bonds. The highest BCUT2D eigenvalue weighted by Crippen LogP contribution is 2.40. The van der Waals surface area contributed by atoms with E-state index in [4.69, 9.17) is 10.5 Å². The van der Waals surface area contributed by atoms with Crippen LogP contribution in [0.3, 0.4) is 0 Å². The lowest BCUT2D eigenvalue weighted by Gasteiger charge is -2.25. The van der Waals surface area contributed by atoms with Gasteiger partial charge in [-0.3, -0.25) is 5.73 Å². The lowest BCUT2D eigenvalue weighted by molar-refractivity contribution is -0.129. The summed E-state index contributed by atoms with van der Waals surface area (Å²) in [7, 11) is 0. The fraction of sp³-hybridized carbons (Fsp3) is 0.154. The molecule has 1 aromatic heterocycles. The molecule has 4 N–H and O–H groups in total. The van der Waals surface area contributed by atoms with Gasteiger partial charge in [-0.05, 0) is 18.2 Å². The first kappa shape index (κ1) is 11.0. The number of para-hydroxylation sites is 1. The molecule has 0 aliphatic carbocycles. The Morgan fingerprint density at radius 3 is 2.78 bits per heavy atom. The molecule has 5 nitrogen and oxygen atoms in total. The van der Waals surface area contributed by atoms with Crippen LogP contribution in [-0.2, 0) is 0 Å². The summed E-state index contributed by atoms with van der Waals surface area (Å²) in [5.41, 5.74) is 6.58. The number of anilines is 1. The van der Waals surface area contributed by atoms with Crippen molar-refractivity contribution in [3.8, 4) is 5.75 Å². The summed E-state index contributed by atoms with van der Waals surface area (Å²) in [5.74, 6) is -0.566. The molecule has 0 spiro atoms. The van der Waals surface area contributed by atoms with Gasteiger partial charge < -0.3 is 15.2 Å². The van der Waals surface area contributed by atoms with E-state index < -0.39 is 12.0 Å². The van der Waals surface area contributed by atoms with Gasteiger partial charge in [-0.15, -0.1) is 0 Å². The van der Waals surface area contributed by atoms with Gasteiger partial charge in [0.1, 0.15) is 17.6 Å². The second-order valence-electron chi connectivity index (χ2n) is 4.18. The first-order chi connectivity index (χ1) is 8.67. The summed E-state index contributed by atoms with van der Waals surface area (Å²) in [6.45, 7) is 0. The predicted molar refractivity (Wildman–Crippen MR) is 66.8 cm³/mol. The number of hydrogen-bond donors (Lipinski definition) is 3. The van der Waals surface area contributed by atoms with Crippen molar-refractivity contribution in [3.05, 3.63) is 54.2 Å². The molecule has 3 rings (SSSR count). The van der Waals surface area contributed by atoms with E-state index in [-0.39, 0.29) is 0 Å². The van der Waals surface area contributed by atoms with E-state index in [2.05, 4.69) is 10.3 Å². The van der Waals surface area contributed by atoms with Crippen molar-refractivity contribution in [2.75, 3.05) is 5.32 Å². The number of benzene rings is 1. The van der Waals surface area contributed by atoms with Crippen LogP contribution in [-0.4, -0.2) is 16.0 Å². The molecular weight excluding hydrogens is 230 g/mol. The highest BCUT2D eigenvalue weighted by atomic mass is 16.6. The van der Waals surface area contributed by atoms with Crippen molar-refractivity contribution in [1.82, 2.24) is 4.98 Å². The second kappa shape index (κ2) is 3.97. The minimum Gasteiger partial charge on any atom is -0.447 e. The Bertz CT molecular complexity index is 557. The maximum atomic E-state index is 10.1. The second-order valence-corrected chi connectivity index (χ2v) is 4.18. The molecule has 2 atom stereocenters. The summed E-state index contributed by atoms with van der Waals surface area (Å²) in [6.07, 6.45) is 1.67. The van der Waals surface area contributed by atoms with Crippen molar-refractivity contribution in [1.29, 1.82) is 0 Å². The number of fused-ring (bicyclic) bond motifs is 1. The van der Waals surface area contributed by atoms with Gasteiger partial charge in [0, 0.05) is 11.8 Å². The first-order valence-corrected chi connectivity index (χ1v) is 5.63. The number of aliphatic hydroxyl groups is 1. The van der Waals surface area contributed by atoms with E-state index in [9.17, 15) is 5.11 Å². The lowest BCUT2D eigenvalue weighted by atomic mass is 10.1. The van der Waals surface area contributed by atoms with Crippen molar-refractivity contribution < 1.29 is 9.84 Å². The average molecular weight is 243 g/mol. The van der Waals surface area contributed by atoms with Crippen molar-refractivity contribution in [2.45, 2.75) is 12.0 Å². The van der Waals surface area contributed by atoms with Crippen LogP contribution in [0.25, 0.3) is 0 Å². The average Bonchev–Trinajstić information content (AvgIpc) is 2.62. The molecule has 5 heteroatoms. The zero-order valence-electron chi connectivity index (χ0n) is 9.58. The zero-order valence-corrected chi connectivity index (χ0v) is 9.58. The SMILES string of the molecule is NC1(O)Oc2ccccc2C1Nc1ccccn1. The first-order valence-electron chi connectivity index (χ1n) is 5.63. The van der Waals surface area contributed by atoms with E-state index in [1.54, 1.807) is 18.3 Å². The Labute approximate surface area is 104 Å². The maximum Gasteiger partial charge on any atom is 0.290 e. The molecule has 0 radical (unpaired) electrons. The molecule has 1 aliphatic heterocycles. The van der Waals surface area contributed by atoms with Crippen LogP contribution in [0.5, 0.6) is 5.75 Å². The minimum atomic E-state index is -1.78. The third-order valence-electron chi connectivity index (χ3n) is 2.87. The Kier molecular flexibility index (Phi) is 2.43.